The fourth-order valence-electron chi connectivity index (χ4n) is 11.1. The average Bonchev–Trinajstić information content (AvgIpc) is 3.37. The van der Waals surface area contributed by atoms with Gasteiger partial charge < -0.3 is 38.4 Å². The number of amides is 1. The highest BCUT2D eigenvalue weighted by molar-refractivity contribution is 14.1. The smallest absolute Gasteiger partial charge is 0.329 e. The number of Topliss-reactive ketones (excluding diaryl/α,β-unsaturated/α-hetero) is 4. The van der Waals surface area contributed by atoms with Crippen molar-refractivity contribution in [3.05, 3.63) is 47.6 Å². The number of hydrogen-bond acceptors (Lipinski definition) is 14. The lowest BCUT2D eigenvalue weighted by atomic mass is 9.78. The van der Waals surface area contributed by atoms with Crippen molar-refractivity contribution in [3.63, 3.8) is 0 Å². The maximum Gasteiger partial charge on any atom is 0.329 e. The summed E-state index contributed by atoms with van der Waals surface area (Å²) in [5.74, 6) is -8.91. The van der Waals surface area contributed by atoms with Crippen molar-refractivity contribution in [1.82, 2.24) is 4.90 Å². The summed E-state index contributed by atoms with van der Waals surface area (Å²) in [4.78, 5) is 98.7. The number of ether oxygens (including phenoxy) is 6. The van der Waals surface area contributed by atoms with Gasteiger partial charge in [0.2, 0.25) is 5.79 Å². The lowest BCUT2D eigenvalue weighted by Crippen LogP contribution is -2.61. The molecule has 1 aliphatic carbocycles. The third-order valence-electron chi connectivity index (χ3n) is 15.6. The van der Waals surface area contributed by atoms with E-state index in [1.165, 1.54) is 12.0 Å². The molecule has 2 saturated heterocycles. The van der Waals surface area contributed by atoms with Crippen molar-refractivity contribution < 1.29 is 67.1 Å². The predicted molar refractivity (Wildman–Crippen MR) is 294 cm³/mol. The summed E-state index contributed by atoms with van der Waals surface area (Å²) >= 11 is 3.99. The van der Waals surface area contributed by atoms with Crippen molar-refractivity contribution in [1.29, 1.82) is 0 Å². The van der Waals surface area contributed by atoms with Gasteiger partial charge in [0, 0.05) is 70.8 Å². The maximum absolute atomic E-state index is 14.6. The van der Waals surface area contributed by atoms with E-state index in [0.717, 1.165) is 5.57 Å². The van der Waals surface area contributed by atoms with Gasteiger partial charge in [-0.1, -0.05) is 122 Å². The molecular weight excluding hydrogens is 1160 g/mol. The van der Waals surface area contributed by atoms with Crippen LogP contribution < -0.4 is 0 Å². The van der Waals surface area contributed by atoms with E-state index in [1.807, 2.05) is 110 Å². The van der Waals surface area contributed by atoms with E-state index in [-0.39, 0.29) is 81.8 Å². The number of hydrogen-bond donors (Lipinski definition) is 1. The minimum absolute atomic E-state index is 0.0173. The maximum atomic E-state index is 14.6. The zero-order chi connectivity index (χ0) is 54.2. The Morgan fingerprint density at radius 2 is 1.58 bits per heavy atom. The van der Waals surface area contributed by atoms with E-state index in [2.05, 4.69) is 0 Å². The second-order valence-electron chi connectivity index (χ2n) is 21.2. The molecule has 0 radical (unpaired) electrons. The van der Waals surface area contributed by atoms with Crippen LogP contribution in [-0.4, -0.2) is 136 Å². The molecule has 3 aliphatic heterocycles. The number of cyclic esters (lactones) is 1. The highest BCUT2D eigenvalue weighted by Gasteiger charge is 2.53. The van der Waals surface area contributed by atoms with Crippen LogP contribution in [0.3, 0.4) is 0 Å². The second kappa shape index (κ2) is 30.3. The van der Waals surface area contributed by atoms with Crippen molar-refractivity contribution in [2.75, 3.05) is 36.7 Å². The van der Waals surface area contributed by atoms with Crippen LogP contribution in [0, 0.1) is 41.4 Å². The first-order valence-corrected chi connectivity index (χ1v) is 29.3. The molecule has 410 valence electrons. The summed E-state index contributed by atoms with van der Waals surface area (Å²) in [6, 6.07) is -1.16. The molecule has 2 bridgehead atoms. The van der Waals surface area contributed by atoms with Gasteiger partial charge in [-0.25, -0.2) is 4.79 Å². The molecule has 1 N–H and O–H groups in total. The largest absolute Gasteiger partial charge is 0.460 e. The number of carbonyl (C=O) groups excluding carboxylic acids is 7. The Bertz CT molecular complexity index is 2040. The number of nitrogens with zero attached hydrogens (tertiary/aromatic N) is 1. The van der Waals surface area contributed by atoms with Gasteiger partial charge in [-0.15, -0.1) is 0 Å². The van der Waals surface area contributed by atoms with E-state index < -0.39 is 83.7 Å². The van der Waals surface area contributed by atoms with E-state index >= 15 is 0 Å². The van der Waals surface area contributed by atoms with Crippen LogP contribution in [-0.2, 0) is 62.0 Å². The van der Waals surface area contributed by atoms with Gasteiger partial charge in [0.1, 0.15) is 35.9 Å². The summed E-state index contributed by atoms with van der Waals surface area (Å²) in [6.45, 7) is 13.0. The molecule has 0 spiro atoms. The van der Waals surface area contributed by atoms with Crippen LogP contribution >= 0.6 is 45.2 Å². The van der Waals surface area contributed by atoms with E-state index in [1.54, 1.807) is 34.1 Å². The lowest BCUT2D eigenvalue weighted by Gasteiger charge is -2.42. The normalized spacial score (nSPS) is 37.1. The molecule has 4 rings (SSSR count). The molecule has 3 fully saturated rings. The minimum atomic E-state index is -2.45. The summed E-state index contributed by atoms with van der Waals surface area (Å²) in [7, 11) is 4.64. The Hall–Kier alpha value is -2.69. The molecule has 1 saturated carbocycles. The number of aliphatic hydroxyl groups is 1. The first-order valence-electron chi connectivity index (χ1n) is 26.3. The molecule has 0 aromatic rings. The summed E-state index contributed by atoms with van der Waals surface area (Å²) in [5.41, 5.74) is 1.53. The van der Waals surface area contributed by atoms with E-state index in [4.69, 9.17) is 28.4 Å². The molecular formula is C56H83I2NO14. The lowest BCUT2D eigenvalue weighted by molar-refractivity contribution is -0.265. The van der Waals surface area contributed by atoms with Crippen LogP contribution in [0.4, 0.5) is 0 Å². The molecule has 15 atom stereocenters. The fraction of sp³-hybridized carbons (Fsp3) is 0.732. The predicted octanol–water partition coefficient (Wildman–Crippen LogP) is 8.82. The van der Waals surface area contributed by atoms with Gasteiger partial charge in [0.05, 0.1) is 27.2 Å². The molecule has 1 unspecified atom stereocenters. The number of alkyl halides is 2. The zero-order valence-corrected chi connectivity index (χ0v) is 49.1. The number of halogens is 2. The molecule has 0 aromatic carbocycles. The Balaban J connectivity index is 1.76. The summed E-state index contributed by atoms with van der Waals surface area (Å²) in [5, 5.41) is 12.0. The van der Waals surface area contributed by atoms with E-state index in [0.29, 0.717) is 69.8 Å². The van der Waals surface area contributed by atoms with Crippen molar-refractivity contribution in [2.24, 2.45) is 41.4 Å². The molecule has 17 heteroatoms. The Morgan fingerprint density at radius 3 is 2.23 bits per heavy atom. The first kappa shape index (κ1) is 62.8. The van der Waals surface area contributed by atoms with Crippen LogP contribution in [0.2, 0.25) is 0 Å². The molecule has 15 nitrogen and oxygen atoms in total. The molecule has 4 aliphatic rings. The molecule has 1 amide bonds. The van der Waals surface area contributed by atoms with Crippen LogP contribution in [0.5, 0.6) is 0 Å². The summed E-state index contributed by atoms with van der Waals surface area (Å²) < 4.78 is 36.3. The second-order valence-corrected chi connectivity index (χ2v) is 22.7. The zero-order valence-electron chi connectivity index (χ0n) is 44.8. The monoisotopic (exact) mass is 1250 g/mol. The van der Waals surface area contributed by atoms with Gasteiger partial charge in [0.15, 0.2) is 5.78 Å². The molecule has 3 heterocycles. The summed E-state index contributed by atoms with van der Waals surface area (Å²) in [6.07, 6.45) is 13.0. The number of rotatable bonds is 11. The minimum Gasteiger partial charge on any atom is -0.460 e. The van der Waals surface area contributed by atoms with Crippen LogP contribution in [0.1, 0.15) is 132 Å². The Morgan fingerprint density at radius 1 is 0.849 bits per heavy atom. The Labute approximate surface area is 461 Å². The van der Waals surface area contributed by atoms with Crippen LogP contribution in [0.15, 0.2) is 47.6 Å². The van der Waals surface area contributed by atoms with Crippen molar-refractivity contribution in [2.45, 2.75) is 180 Å². The highest BCUT2D eigenvalue weighted by atomic mass is 127. The van der Waals surface area contributed by atoms with Gasteiger partial charge in [0.25, 0.3) is 11.7 Å². The van der Waals surface area contributed by atoms with Gasteiger partial charge in [-0.05, 0) is 101 Å². The third kappa shape index (κ3) is 17.7. The number of fused-ring (bicyclic) bond motifs is 3. The number of methoxy groups -OCH3 is 3. The number of ketones is 4. The first-order chi connectivity index (χ1) is 34.6. The highest BCUT2D eigenvalue weighted by Crippen LogP contribution is 2.38. The van der Waals surface area contributed by atoms with Crippen molar-refractivity contribution in [3.8, 4) is 0 Å². The quantitative estimate of drug-likeness (QED) is 0.0677. The topological polar surface area (TPSA) is 198 Å². The Kier molecular flexibility index (Phi) is 26.1. The molecule has 0 aromatic heterocycles. The molecule has 73 heavy (non-hydrogen) atoms. The fourth-order valence-corrected chi connectivity index (χ4v) is 11.6. The SMILES string of the molecule is CO[C@H]1C[C@@H]2CC[C@@H](C)[C@@](O)(O2)C(=O)C(=O)N2CCCC[C@H]2C(=O)OC([C@H](C)C[C@@H]2CC[C@@H](OC(=O)CI)[C@H](OC)C2)CC(=O)[C@H](C)/C=C(\C)[C@@H](CC(=O)CI)[C@@H](OC)C(=O)[C@H](C)C[C@@H](C)\C=C/C=C/C=C/1C. The van der Waals surface area contributed by atoms with Gasteiger partial charge in [-0.3, -0.25) is 28.8 Å². The van der Waals surface area contributed by atoms with Gasteiger partial charge >= 0.3 is 11.9 Å². The number of allylic oxidation sites excluding steroid dienone is 6. The third-order valence-corrected chi connectivity index (χ3v) is 17.1. The number of piperidine rings is 1. The average molecular weight is 1250 g/mol. The standard InChI is InChI=1S/C56H83I2NO14/c1-33-16-12-11-13-17-34(2)47(68-8)29-42-21-19-39(7)56(67,73-42)53(64)54(65)59-23-15-14-18-44(59)55(66)72-48(37(5)26-40-20-22-46(49(27-40)69-9)71-50(62)32-58)30-45(61)36(4)25-35(3)43(28-41(60)31-57)52(70-10)51(63)38(6)24-33/h11-13,16-17,25,33,36-40,42-44,46-49,52,67H,14-15,18-24,26-32H2,1-10H3/b13-11+,16-12-,34-17+,35-25+/t33-,36+,37+,38+,39+,40-,42-,43+,44-,46+,47-,48?,49+,52+,56+/m0/s1. The van der Waals surface area contributed by atoms with Crippen molar-refractivity contribution >= 4 is 86.2 Å². The van der Waals surface area contributed by atoms with E-state index in [9.17, 15) is 38.7 Å². The number of carbonyl (C=O) groups is 7. The van der Waals surface area contributed by atoms with Gasteiger partial charge in [-0.2, -0.15) is 0 Å². The number of esters is 2. The van der Waals surface area contributed by atoms with Crippen LogP contribution in [0.25, 0.3) is 0 Å².